The van der Waals surface area contributed by atoms with Crippen molar-refractivity contribution in [2.24, 2.45) is 0 Å². The van der Waals surface area contributed by atoms with Crippen LogP contribution in [0, 0.1) is 12.7 Å². The van der Waals surface area contributed by atoms with Crippen molar-refractivity contribution < 1.29 is 13.7 Å². The standard InChI is InChI=1S/C17H20FN3O2/c1-3-15-16(11(2)23-20-15)17(22)19-13-8-12(18)9-14(10-13)21-6-4-5-7-21/h8-10H,3-7H2,1-2H3,(H,19,22). The average molecular weight is 317 g/mol. The van der Waals surface area contributed by atoms with E-state index in [4.69, 9.17) is 4.52 Å². The van der Waals surface area contributed by atoms with Gasteiger partial charge in [-0.3, -0.25) is 4.79 Å². The van der Waals surface area contributed by atoms with Gasteiger partial charge in [0.25, 0.3) is 5.91 Å². The summed E-state index contributed by atoms with van der Waals surface area (Å²) in [7, 11) is 0. The van der Waals surface area contributed by atoms with E-state index in [1.807, 2.05) is 6.92 Å². The van der Waals surface area contributed by atoms with Crippen LogP contribution in [0.2, 0.25) is 0 Å². The number of nitrogens with zero attached hydrogens (tertiary/aromatic N) is 2. The minimum atomic E-state index is -0.359. The smallest absolute Gasteiger partial charge is 0.261 e. The summed E-state index contributed by atoms with van der Waals surface area (Å²) in [6.45, 7) is 5.44. The van der Waals surface area contributed by atoms with Crippen molar-refractivity contribution in [1.82, 2.24) is 5.16 Å². The molecule has 23 heavy (non-hydrogen) atoms. The lowest BCUT2D eigenvalue weighted by Crippen LogP contribution is -2.19. The quantitative estimate of drug-likeness (QED) is 0.937. The number of aromatic nitrogens is 1. The van der Waals surface area contributed by atoms with Crippen LogP contribution in [-0.4, -0.2) is 24.2 Å². The summed E-state index contributed by atoms with van der Waals surface area (Å²) < 4.78 is 19.0. The van der Waals surface area contributed by atoms with Gasteiger partial charge < -0.3 is 14.7 Å². The van der Waals surface area contributed by atoms with Crippen molar-refractivity contribution in [3.63, 3.8) is 0 Å². The molecule has 1 amide bonds. The molecule has 2 aromatic rings. The van der Waals surface area contributed by atoms with Gasteiger partial charge in [0.05, 0.1) is 5.69 Å². The maximum atomic E-state index is 13.9. The first-order valence-electron chi connectivity index (χ1n) is 7.90. The summed E-state index contributed by atoms with van der Waals surface area (Å²) in [6, 6.07) is 4.63. The highest BCUT2D eigenvalue weighted by Gasteiger charge is 2.20. The van der Waals surface area contributed by atoms with E-state index >= 15 is 0 Å². The largest absolute Gasteiger partial charge is 0.371 e. The molecular formula is C17H20FN3O2. The monoisotopic (exact) mass is 317 g/mol. The Bertz CT molecular complexity index is 721. The molecule has 1 N–H and O–H groups in total. The number of nitrogens with one attached hydrogen (secondary N) is 1. The number of halogens is 1. The molecule has 1 aliphatic rings. The van der Waals surface area contributed by atoms with Crippen LogP contribution < -0.4 is 10.2 Å². The van der Waals surface area contributed by atoms with Crippen LogP contribution in [0.5, 0.6) is 0 Å². The van der Waals surface area contributed by atoms with Gasteiger partial charge in [-0.1, -0.05) is 12.1 Å². The minimum Gasteiger partial charge on any atom is -0.371 e. The molecule has 0 unspecified atom stereocenters. The van der Waals surface area contributed by atoms with Crippen molar-refractivity contribution in [2.75, 3.05) is 23.3 Å². The van der Waals surface area contributed by atoms with Crippen LogP contribution in [-0.2, 0) is 6.42 Å². The van der Waals surface area contributed by atoms with E-state index in [-0.39, 0.29) is 11.7 Å². The molecule has 2 heterocycles. The summed E-state index contributed by atoms with van der Waals surface area (Å²) in [5.41, 5.74) is 2.28. The molecule has 3 rings (SSSR count). The number of benzene rings is 1. The highest BCUT2D eigenvalue weighted by molar-refractivity contribution is 6.05. The number of rotatable bonds is 4. The second-order valence-corrected chi connectivity index (χ2v) is 5.76. The minimum absolute atomic E-state index is 0.321. The molecule has 122 valence electrons. The van der Waals surface area contributed by atoms with Gasteiger partial charge in [0.15, 0.2) is 0 Å². The Hall–Kier alpha value is -2.37. The Balaban J connectivity index is 1.84. The zero-order valence-corrected chi connectivity index (χ0v) is 13.4. The molecule has 5 nitrogen and oxygen atoms in total. The Morgan fingerprint density at radius 1 is 1.35 bits per heavy atom. The molecule has 0 aliphatic carbocycles. The van der Waals surface area contributed by atoms with Crippen molar-refractivity contribution in [1.29, 1.82) is 0 Å². The van der Waals surface area contributed by atoms with Gasteiger partial charge in [0.1, 0.15) is 17.1 Å². The summed E-state index contributed by atoms with van der Waals surface area (Å²) in [6.07, 6.45) is 2.82. The van der Waals surface area contributed by atoms with Gasteiger partial charge >= 0.3 is 0 Å². The van der Waals surface area contributed by atoms with Crippen molar-refractivity contribution >= 4 is 17.3 Å². The van der Waals surface area contributed by atoms with E-state index < -0.39 is 0 Å². The van der Waals surface area contributed by atoms with Crippen LogP contribution in [0.1, 0.15) is 41.6 Å². The Kier molecular flexibility index (Phi) is 4.32. The van der Waals surface area contributed by atoms with E-state index in [2.05, 4.69) is 15.4 Å². The highest BCUT2D eigenvalue weighted by atomic mass is 19.1. The first kappa shape index (κ1) is 15.5. The van der Waals surface area contributed by atoms with Gasteiger partial charge in [-0.05, 0) is 44.4 Å². The van der Waals surface area contributed by atoms with E-state index in [9.17, 15) is 9.18 Å². The van der Waals surface area contributed by atoms with Gasteiger partial charge in [-0.2, -0.15) is 0 Å². The summed E-state index contributed by atoms with van der Waals surface area (Å²) >= 11 is 0. The third-order valence-electron chi connectivity index (χ3n) is 4.11. The molecule has 0 atom stereocenters. The molecular weight excluding hydrogens is 297 g/mol. The first-order valence-corrected chi connectivity index (χ1v) is 7.90. The Labute approximate surface area is 134 Å². The molecule has 1 aliphatic heterocycles. The number of hydrogen-bond donors (Lipinski definition) is 1. The normalized spacial score (nSPS) is 14.3. The number of anilines is 2. The van der Waals surface area contributed by atoms with Gasteiger partial charge in [-0.25, -0.2) is 4.39 Å². The summed E-state index contributed by atoms with van der Waals surface area (Å²) in [4.78, 5) is 14.6. The second-order valence-electron chi connectivity index (χ2n) is 5.76. The molecule has 0 radical (unpaired) electrons. The number of carbonyl (C=O) groups excluding carboxylic acids is 1. The number of amides is 1. The Morgan fingerprint density at radius 2 is 2.09 bits per heavy atom. The fourth-order valence-corrected chi connectivity index (χ4v) is 2.95. The summed E-state index contributed by atoms with van der Waals surface area (Å²) in [5, 5.41) is 6.64. The number of aryl methyl sites for hydroxylation is 2. The van der Waals surface area contributed by atoms with Crippen LogP contribution in [0.3, 0.4) is 0 Å². The molecule has 0 bridgehead atoms. The number of hydrogen-bond acceptors (Lipinski definition) is 4. The molecule has 1 aromatic heterocycles. The maximum absolute atomic E-state index is 13.9. The predicted molar refractivity (Wildman–Crippen MR) is 86.4 cm³/mol. The molecule has 1 saturated heterocycles. The SMILES string of the molecule is CCc1noc(C)c1C(=O)Nc1cc(F)cc(N2CCCC2)c1. The van der Waals surface area contributed by atoms with Crippen LogP contribution >= 0.6 is 0 Å². The molecule has 1 fully saturated rings. The van der Waals surface area contributed by atoms with Gasteiger partial charge in [0.2, 0.25) is 0 Å². The average Bonchev–Trinajstić information content (AvgIpc) is 3.15. The zero-order chi connectivity index (χ0) is 16.4. The zero-order valence-electron chi connectivity index (χ0n) is 13.4. The van der Waals surface area contributed by atoms with E-state index in [1.165, 1.54) is 12.1 Å². The van der Waals surface area contributed by atoms with Crippen LogP contribution in [0.4, 0.5) is 15.8 Å². The van der Waals surface area contributed by atoms with Gasteiger partial charge in [0, 0.05) is 24.5 Å². The third-order valence-corrected chi connectivity index (χ3v) is 4.11. The lowest BCUT2D eigenvalue weighted by Gasteiger charge is -2.18. The third kappa shape index (κ3) is 3.21. The Morgan fingerprint density at radius 3 is 2.78 bits per heavy atom. The fraction of sp³-hybridized carbons (Fsp3) is 0.412. The molecule has 0 spiro atoms. The van der Waals surface area contributed by atoms with E-state index in [1.54, 1.807) is 13.0 Å². The lowest BCUT2D eigenvalue weighted by atomic mass is 10.1. The second kappa shape index (κ2) is 6.40. The highest BCUT2D eigenvalue weighted by Crippen LogP contribution is 2.26. The van der Waals surface area contributed by atoms with Crippen molar-refractivity contribution in [2.45, 2.75) is 33.1 Å². The van der Waals surface area contributed by atoms with E-state index in [0.29, 0.717) is 29.1 Å². The lowest BCUT2D eigenvalue weighted by molar-refractivity contribution is 0.102. The molecule has 1 aromatic carbocycles. The van der Waals surface area contributed by atoms with Crippen LogP contribution in [0.15, 0.2) is 22.7 Å². The fourth-order valence-electron chi connectivity index (χ4n) is 2.95. The van der Waals surface area contributed by atoms with Crippen molar-refractivity contribution in [3.05, 3.63) is 41.0 Å². The topological polar surface area (TPSA) is 58.4 Å². The molecule has 0 saturated carbocycles. The van der Waals surface area contributed by atoms with Crippen LogP contribution in [0.25, 0.3) is 0 Å². The van der Waals surface area contributed by atoms with Gasteiger partial charge in [-0.15, -0.1) is 0 Å². The first-order chi connectivity index (χ1) is 11.1. The molecule has 6 heteroatoms. The summed E-state index contributed by atoms with van der Waals surface area (Å²) in [5.74, 6) is -0.212. The maximum Gasteiger partial charge on any atom is 0.261 e. The predicted octanol–water partition coefficient (Wildman–Crippen LogP) is 3.54. The van der Waals surface area contributed by atoms with Crippen molar-refractivity contribution in [3.8, 4) is 0 Å². The number of carbonyl (C=O) groups is 1. The van der Waals surface area contributed by atoms with E-state index in [0.717, 1.165) is 31.6 Å².